The van der Waals surface area contributed by atoms with Crippen LogP contribution in [0.3, 0.4) is 0 Å². The van der Waals surface area contributed by atoms with Gasteiger partial charge in [0.05, 0.1) is 4.90 Å². The predicted octanol–water partition coefficient (Wildman–Crippen LogP) is 0.680. The third kappa shape index (κ3) is 2.35. The highest BCUT2D eigenvalue weighted by Crippen LogP contribution is 2.19. The topological polar surface area (TPSA) is 90.9 Å². The van der Waals surface area contributed by atoms with Gasteiger partial charge in [-0.3, -0.25) is 4.68 Å². The molecule has 2 rings (SSSR count). The van der Waals surface area contributed by atoms with Crippen molar-refractivity contribution in [3.05, 3.63) is 35.9 Å². The van der Waals surface area contributed by atoms with Crippen molar-refractivity contribution in [1.29, 1.82) is 0 Å². The van der Waals surface area contributed by atoms with Crippen LogP contribution in [0.5, 0.6) is 0 Å². The number of nitrogen functional groups attached to an aromatic ring is 1. The summed E-state index contributed by atoms with van der Waals surface area (Å²) in [7, 11) is -1.77. The van der Waals surface area contributed by atoms with Crippen LogP contribution in [0.25, 0.3) is 0 Å². The van der Waals surface area contributed by atoms with E-state index in [-0.39, 0.29) is 10.6 Å². The van der Waals surface area contributed by atoms with E-state index < -0.39 is 9.84 Å². The van der Waals surface area contributed by atoms with E-state index in [1.165, 1.54) is 17.1 Å². The Morgan fingerprint density at radius 2 is 2.11 bits per heavy atom. The summed E-state index contributed by atoms with van der Waals surface area (Å²) in [6.07, 6.45) is 1.33. The number of benzene rings is 1. The van der Waals surface area contributed by atoms with Crippen LogP contribution in [0, 0.1) is 6.92 Å². The number of aromatic nitrogens is 3. The minimum Gasteiger partial charge on any atom is -0.399 e. The summed E-state index contributed by atoms with van der Waals surface area (Å²) >= 11 is 0. The fourth-order valence-corrected chi connectivity index (χ4v) is 2.95. The van der Waals surface area contributed by atoms with Crippen molar-refractivity contribution in [2.75, 3.05) is 5.73 Å². The third-order valence-electron chi connectivity index (χ3n) is 2.72. The van der Waals surface area contributed by atoms with E-state index >= 15 is 0 Å². The van der Waals surface area contributed by atoms with Crippen LogP contribution in [-0.2, 0) is 22.6 Å². The molecule has 0 radical (unpaired) electrons. The molecule has 0 saturated carbocycles. The molecule has 0 aliphatic rings. The molecular formula is C11H14N4O2S. The number of sulfone groups is 1. The number of rotatable bonds is 3. The SMILES string of the molecule is Cc1cc(S(=O)(=O)Cc2ncnn2C)ccc1N. The van der Waals surface area contributed by atoms with E-state index in [0.29, 0.717) is 11.5 Å². The largest absolute Gasteiger partial charge is 0.399 e. The van der Waals surface area contributed by atoms with Crippen molar-refractivity contribution in [2.45, 2.75) is 17.6 Å². The van der Waals surface area contributed by atoms with Gasteiger partial charge in [-0.1, -0.05) is 0 Å². The lowest BCUT2D eigenvalue weighted by Gasteiger charge is -2.06. The average molecular weight is 266 g/mol. The first kappa shape index (κ1) is 12.6. The third-order valence-corrected chi connectivity index (χ3v) is 4.34. The molecule has 2 aromatic rings. The molecule has 0 aliphatic carbocycles. The summed E-state index contributed by atoms with van der Waals surface area (Å²) in [5.41, 5.74) is 6.99. The molecule has 0 bridgehead atoms. The van der Waals surface area contributed by atoms with Crippen molar-refractivity contribution in [2.24, 2.45) is 7.05 Å². The maximum Gasteiger partial charge on any atom is 0.185 e. The number of nitrogens with zero attached hydrogens (tertiary/aromatic N) is 3. The molecule has 0 fully saturated rings. The zero-order chi connectivity index (χ0) is 13.3. The standard InChI is InChI=1S/C11H14N4O2S/c1-8-5-9(3-4-10(8)12)18(16,17)6-11-13-7-14-15(11)2/h3-5,7H,6,12H2,1-2H3. The van der Waals surface area contributed by atoms with Gasteiger partial charge in [0.25, 0.3) is 0 Å². The Labute approximate surface area is 105 Å². The molecule has 1 heterocycles. The monoisotopic (exact) mass is 266 g/mol. The summed E-state index contributed by atoms with van der Waals surface area (Å²) in [6, 6.07) is 4.67. The van der Waals surface area contributed by atoms with Crippen LogP contribution in [0.2, 0.25) is 0 Å². The van der Waals surface area contributed by atoms with E-state index in [0.717, 1.165) is 5.56 Å². The van der Waals surface area contributed by atoms with Crippen molar-refractivity contribution in [3.63, 3.8) is 0 Å². The lowest BCUT2D eigenvalue weighted by atomic mass is 10.2. The lowest BCUT2D eigenvalue weighted by molar-refractivity contribution is 0.590. The Morgan fingerprint density at radius 3 is 2.67 bits per heavy atom. The highest BCUT2D eigenvalue weighted by Gasteiger charge is 2.18. The van der Waals surface area contributed by atoms with E-state index in [9.17, 15) is 8.42 Å². The molecule has 0 unspecified atom stereocenters. The lowest BCUT2D eigenvalue weighted by Crippen LogP contribution is -2.10. The van der Waals surface area contributed by atoms with E-state index in [2.05, 4.69) is 10.1 Å². The first-order valence-corrected chi connectivity index (χ1v) is 6.97. The Bertz CT molecular complexity index is 676. The van der Waals surface area contributed by atoms with Crippen LogP contribution in [0.4, 0.5) is 5.69 Å². The Morgan fingerprint density at radius 1 is 1.39 bits per heavy atom. The van der Waals surface area contributed by atoms with Gasteiger partial charge < -0.3 is 5.73 Å². The van der Waals surface area contributed by atoms with Crippen molar-refractivity contribution < 1.29 is 8.42 Å². The van der Waals surface area contributed by atoms with Gasteiger partial charge in [-0.25, -0.2) is 13.4 Å². The molecule has 1 aromatic heterocycles. The molecular weight excluding hydrogens is 252 g/mol. The van der Waals surface area contributed by atoms with E-state index in [1.54, 1.807) is 26.1 Å². The zero-order valence-electron chi connectivity index (χ0n) is 10.2. The first-order chi connectivity index (χ1) is 8.40. The van der Waals surface area contributed by atoms with Crippen LogP contribution in [0.15, 0.2) is 29.4 Å². The van der Waals surface area contributed by atoms with Gasteiger partial charge in [-0.05, 0) is 30.7 Å². The fourth-order valence-electron chi connectivity index (χ4n) is 1.55. The Balaban J connectivity index is 2.37. The van der Waals surface area contributed by atoms with Gasteiger partial charge in [0, 0.05) is 12.7 Å². The highest BCUT2D eigenvalue weighted by atomic mass is 32.2. The van der Waals surface area contributed by atoms with Gasteiger partial charge in [0.2, 0.25) is 0 Å². The summed E-state index contributed by atoms with van der Waals surface area (Å²) in [5, 5.41) is 3.85. The summed E-state index contributed by atoms with van der Waals surface area (Å²) in [5.74, 6) is 0.233. The molecule has 0 saturated heterocycles. The maximum absolute atomic E-state index is 12.2. The van der Waals surface area contributed by atoms with Gasteiger partial charge in [-0.15, -0.1) is 0 Å². The second-order valence-electron chi connectivity index (χ2n) is 4.08. The van der Waals surface area contributed by atoms with Crippen LogP contribution < -0.4 is 5.73 Å². The number of nitrogens with two attached hydrogens (primary N) is 1. The summed E-state index contributed by atoms with van der Waals surface area (Å²) in [6.45, 7) is 1.77. The van der Waals surface area contributed by atoms with Crippen LogP contribution in [-0.4, -0.2) is 23.2 Å². The maximum atomic E-state index is 12.2. The van der Waals surface area contributed by atoms with Crippen LogP contribution in [0.1, 0.15) is 11.4 Å². The molecule has 0 amide bonds. The number of hydrogen-bond donors (Lipinski definition) is 1. The first-order valence-electron chi connectivity index (χ1n) is 5.32. The number of anilines is 1. The fraction of sp³-hybridized carbons (Fsp3) is 0.273. The van der Waals surface area contributed by atoms with Crippen molar-refractivity contribution in [3.8, 4) is 0 Å². The van der Waals surface area contributed by atoms with Gasteiger partial charge in [-0.2, -0.15) is 5.10 Å². The zero-order valence-corrected chi connectivity index (χ0v) is 11.0. The quantitative estimate of drug-likeness (QED) is 0.825. The molecule has 18 heavy (non-hydrogen) atoms. The number of hydrogen-bond acceptors (Lipinski definition) is 5. The minimum absolute atomic E-state index is 0.174. The molecule has 96 valence electrons. The van der Waals surface area contributed by atoms with Gasteiger partial charge >= 0.3 is 0 Å². The predicted molar refractivity (Wildman–Crippen MR) is 67.5 cm³/mol. The Hall–Kier alpha value is -1.89. The Kier molecular flexibility index (Phi) is 3.08. The summed E-state index contributed by atoms with van der Waals surface area (Å²) < 4.78 is 25.8. The highest BCUT2D eigenvalue weighted by molar-refractivity contribution is 7.90. The van der Waals surface area contributed by atoms with E-state index in [1.807, 2.05) is 0 Å². The molecule has 7 heteroatoms. The molecule has 0 spiro atoms. The normalized spacial score (nSPS) is 11.7. The second kappa shape index (κ2) is 4.41. The molecule has 1 aromatic carbocycles. The molecule has 0 atom stereocenters. The average Bonchev–Trinajstić information content (AvgIpc) is 2.67. The van der Waals surface area contributed by atoms with Gasteiger partial charge in [0.1, 0.15) is 17.9 Å². The molecule has 2 N–H and O–H groups in total. The van der Waals surface area contributed by atoms with Crippen molar-refractivity contribution in [1.82, 2.24) is 14.8 Å². The second-order valence-corrected chi connectivity index (χ2v) is 6.07. The van der Waals surface area contributed by atoms with Crippen molar-refractivity contribution >= 4 is 15.5 Å². The number of aryl methyl sites for hydroxylation is 2. The smallest absolute Gasteiger partial charge is 0.185 e. The van der Waals surface area contributed by atoms with E-state index in [4.69, 9.17) is 5.73 Å². The molecule has 6 nitrogen and oxygen atoms in total. The minimum atomic E-state index is -3.42. The molecule has 0 aliphatic heterocycles. The van der Waals surface area contributed by atoms with Gasteiger partial charge in [0.15, 0.2) is 9.84 Å². The van der Waals surface area contributed by atoms with Crippen LogP contribution >= 0.6 is 0 Å². The summed E-state index contributed by atoms with van der Waals surface area (Å²) in [4.78, 5) is 4.16.